The minimum absolute atomic E-state index is 1.11. The molecule has 0 saturated heterocycles. The Balaban J connectivity index is 1.75. The summed E-state index contributed by atoms with van der Waals surface area (Å²) in [5.74, 6) is 0. The second kappa shape index (κ2) is 10.9. The van der Waals surface area contributed by atoms with E-state index >= 15 is 0 Å². The first-order valence-corrected chi connectivity index (χ1v) is 8.99. The van der Waals surface area contributed by atoms with Gasteiger partial charge in [-0.1, -0.05) is 44.9 Å². The molecule has 0 spiro atoms. The summed E-state index contributed by atoms with van der Waals surface area (Å²) in [7, 11) is 6.86. The highest BCUT2D eigenvalue weighted by Gasteiger charge is 2.04. The van der Waals surface area contributed by atoms with E-state index in [1.165, 1.54) is 77.3 Å². The van der Waals surface area contributed by atoms with Crippen LogP contribution in [0.25, 0.3) is 0 Å². The Morgan fingerprint density at radius 2 is 1.05 bits per heavy atom. The number of aryl methyl sites for hydroxylation is 1. The topological polar surface area (TPSA) is 4.93 Å². The molecule has 0 N–H and O–H groups in total. The minimum Gasteiger partial charge on any atom is -0.354 e. The van der Waals surface area contributed by atoms with Gasteiger partial charge < -0.3 is 9.05 Å². The fraction of sp³-hybridized carbons (Fsp3) is 0.789. The van der Waals surface area contributed by atoms with Gasteiger partial charge in [-0.3, -0.25) is 0 Å². The number of nitrogens with zero attached hydrogens (tertiary/aromatic N) is 2. The van der Waals surface area contributed by atoms with E-state index in [-0.39, 0.29) is 0 Å². The van der Waals surface area contributed by atoms with E-state index in [4.69, 9.17) is 0 Å². The molecule has 0 aliphatic rings. The lowest BCUT2D eigenvalue weighted by Crippen LogP contribution is -2.35. The molecule has 1 aromatic heterocycles. The summed E-state index contributed by atoms with van der Waals surface area (Å²) in [5, 5.41) is 0. The molecule has 0 amide bonds. The predicted molar refractivity (Wildman–Crippen MR) is 93.5 cm³/mol. The first-order valence-electron chi connectivity index (χ1n) is 8.99. The van der Waals surface area contributed by atoms with Crippen molar-refractivity contribution >= 4 is 0 Å². The summed E-state index contributed by atoms with van der Waals surface area (Å²) in [6, 6.07) is 4.22. The first-order chi connectivity index (χ1) is 10.1. The third-order valence-electron chi connectivity index (χ3n) is 4.16. The standard InChI is InChI=1S/C19H37N2/c1-21(2,3)19-15-11-9-7-5-4-6-8-10-12-16-20-17-13-14-18-20/h13-14,17-18H,4-12,15-16,19H2,1-3H3/q+1. The molecular weight excluding hydrogens is 256 g/mol. The Morgan fingerprint density at radius 1 is 0.619 bits per heavy atom. The van der Waals surface area contributed by atoms with Crippen molar-refractivity contribution < 1.29 is 4.48 Å². The number of unbranched alkanes of at least 4 members (excludes halogenated alkanes) is 9. The molecule has 0 saturated carbocycles. The number of aromatic nitrogens is 1. The van der Waals surface area contributed by atoms with E-state index in [1.807, 2.05) is 0 Å². The number of hydrogen-bond donors (Lipinski definition) is 0. The lowest BCUT2D eigenvalue weighted by atomic mass is 10.1. The third kappa shape index (κ3) is 11.6. The van der Waals surface area contributed by atoms with Crippen molar-refractivity contribution in [1.29, 1.82) is 0 Å². The van der Waals surface area contributed by atoms with Crippen LogP contribution in [0.4, 0.5) is 0 Å². The van der Waals surface area contributed by atoms with Gasteiger partial charge in [0.2, 0.25) is 0 Å². The zero-order chi connectivity index (χ0) is 15.4. The smallest absolute Gasteiger partial charge is 0.0780 e. The Hall–Kier alpha value is -0.760. The summed E-state index contributed by atoms with van der Waals surface area (Å²) >= 11 is 0. The largest absolute Gasteiger partial charge is 0.354 e. The molecule has 0 aromatic carbocycles. The summed E-state index contributed by atoms with van der Waals surface area (Å²) < 4.78 is 3.40. The summed E-state index contributed by atoms with van der Waals surface area (Å²) in [4.78, 5) is 0. The van der Waals surface area contributed by atoms with Crippen LogP contribution in [0.5, 0.6) is 0 Å². The Morgan fingerprint density at radius 3 is 1.52 bits per heavy atom. The third-order valence-corrected chi connectivity index (χ3v) is 4.16. The molecule has 2 nitrogen and oxygen atoms in total. The second-order valence-corrected chi connectivity index (χ2v) is 7.47. The Labute approximate surface area is 132 Å². The van der Waals surface area contributed by atoms with Crippen LogP contribution in [0.15, 0.2) is 24.5 Å². The molecule has 0 radical (unpaired) electrons. The van der Waals surface area contributed by atoms with Crippen LogP contribution in [-0.2, 0) is 6.54 Å². The molecule has 1 heterocycles. The van der Waals surface area contributed by atoms with Crippen molar-refractivity contribution in [3.63, 3.8) is 0 Å². The average Bonchev–Trinajstić information content (AvgIpc) is 2.92. The van der Waals surface area contributed by atoms with Gasteiger partial charge in [0.15, 0.2) is 0 Å². The molecule has 0 fully saturated rings. The van der Waals surface area contributed by atoms with Gasteiger partial charge in [-0.2, -0.15) is 0 Å². The highest BCUT2D eigenvalue weighted by Crippen LogP contribution is 2.11. The van der Waals surface area contributed by atoms with Crippen molar-refractivity contribution in [3.8, 4) is 0 Å². The van der Waals surface area contributed by atoms with Crippen LogP contribution < -0.4 is 0 Å². The van der Waals surface area contributed by atoms with Gasteiger partial charge in [0, 0.05) is 18.9 Å². The van der Waals surface area contributed by atoms with Crippen molar-refractivity contribution in [2.45, 2.75) is 70.8 Å². The normalized spacial score (nSPS) is 12.0. The zero-order valence-electron chi connectivity index (χ0n) is 14.7. The van der Waals surface area contributed by atoms with E-state index in [0.29, 0.717) is 0 Å². The summed E-state index contributed by atoms with van der Waals surface area (Å²) in [6.07, 6.45) is 18.5. The second-order valence-electron chi connectivity index (χ2n) is 7.47. The SMILES string of the molecule is C[N+](C)(C)CCCCCCCCCCCCn1cccc1. The van der Waals surface area contributed by atoms with Gasteiger partial charge in [0.1, 0.15) is 0 Å². The molecule has 0 unspecified atom stereocenters. The highest BCUT2D eigenvalue weighted by molar-refractivity contribution is 4.89. The van der Waals surface area contributed by atoms with Gasteiger partial charge in [-0.05, 0) is 31.4 Å². The molecule has 0 aliphatic heterocycles. The van der Waals surface area contributed by atoms with Crippen LogP contribution in [0, 0.1) is 0 Å². The van der Waals surface area contributed by atoms with Gasteiger partial charge >= 0.3 is 0 Å². The number of quaternary nitrogens is 1. The molecule has 0 atom stereocenters. The monoisotopic (exact) mass is 293 g/mol. The van der Waals surface area contributed by atoms with Crippen molar-refractivity contribution in [2.75, 3.05) is 27.7 Å². The average molecular weight is 294 g/mol. The van der Waals surface area contributed by atoms with Gasteiger partial charge in [-0.15, -0.1) is 0 Å². The lowest BCUT2D eigenvalue weighted by Gasteiger charge is -2.23. The zero-order valence-corrected chi connectivity index (χ0v) is 14.7. The fourth-order valence-corrected chi connectivity index (χ4v) is 2.81. The maximum absolute atomic E-state index is 2.29. The number of hydrogen-bond acceptors (Lipinski definition) is 0. The van der Waals surface area contributed by atoms with Crippen LogP contribution in [0.3, 0.4) is 0 Å². The molecule has 0 bridgehead atoms. The number of rotatable bonds is 13. The molecule has 1 aromatic rings. The van der Waals surface area contributed by atoms with Crippen LogP contribution in [-0.4, -0.2) is 36.7 Å². The molecule has 0 aliphatic carbocycles. The molecular formula is C19H37N2+. The van der Waals surface area contributed by atoms with E-state index in [2.05, 4.69) is 50.2 Å². The van der Waals surface area contributed by atoms with Crippen LogP contribution in [0.2, 0.25) is 0 Å². The van der Waals surface area contributed by atoms with E-state index in [1.54, 1.807) is 0 Å². The molecule has 2 heteroatoms. The van der Waals surface area contributed by atoms with Gasteiger partial charge in [-0.25, -0.2) is 0 Å². The van der Waals surface area contributed by atoms with E-state index < -0.39 is 0 Å². The van der Waals surface area contributed by atoms with Gasteiger partial charge in [0.05, 0.1) is 27.7 Å². The Bertz CT molecular complexity index is 322. The predicted octanol–water partition coefficient (Wildman–Crippen LogP) is 5.10. The maximum atomic E-state index is 2.29. The summed E-state index contributed by atoms with van der Waals surface area (Å²) in [6.45, 7) is 2.51. The highest BCUT2D eigenvalue weighted by atomic mass is 15.3. The minimum atomic E-state index is 1.11. The van der Waals surface area contributed by atoms with Gasteiger partial charge in [0.25, 0.3) is 0 Å². The van der Waals surface area contributed by atoms with Crippen molar-refractivity contribution in [1.82, 2.24) is 4.57 Å². The molecule has 122 valence electrons. The maximum Gasteiger partial charge on any atom is 0.0780 e. The van der Waals surface area contributed by atoms with Crippen molar-refractivity contribution in [2.24, 2.45) is 0 Å². The molecule has 1 rings (SSSR count). The Kier molecular flexibility index (Phi) is 9.49. The van der Waals surface area contributed by atoms with E-state index in [0.717, 1.165) is 4.48 Å². The quantitative estimate of drug-likeness (QED) is 0.352. The lowest BCUT2D eigenvalue weighted by molar-refractivity contribution is -0.870. The van der Waals surface area contributed by atoms with E-state index in [9.17, 15) is 0 Å². The fourth-order valence-electron chi connectivity index (χ4n) is 2.81. The summed E-state index contributed by atoms with van der Waals surface area (Å²) in [5.41, 5.74) is 0. The van der Waals surface area contributed by atoms with Crippen LogP contribution in [0.1, 0.15) is 64.2 Å². The van der Waals surface area contributed by atoms with Crippen LogP contribution >= 0.6 is 0 Å². The first kappa shape index (κ1) is 18.3. The van der Waals surface area contributed by atoms with Crippen molar-refractivity contribution in [3.05, 3.63) is 24.5 Å². The molecule has 21 heavy (non-hydrogen) atoms.